The van der Waals surface area contributed by atoms with Crippen LogP contribution in [0.4, 0.5) is 0 Å². The standard InChI is InChI=1S/H3P.Re.2S/h1H3;;;. The van der Waals surface area contributed by atoms with Crippen LogP contribution in [0, 0.1) is 0 Å². The van der Waals surface area contributed by atoms with E-state index in [1.807, 2.05) is 0 Å². The maximum absolute atomic E-state index is 4.36. The molecule has 0 spiro atoms. The van der Waals surface area contributed by atoms with Gasteiger partial charge in [0, 0.05) is 0 Å². The van der Waals surface area contributed by atoms with Gasteiger partial charge in [-0.05, 0) is 0 Å². The molecule has 0 rings (SSSR count). The van der Waals surface area contributed by atoms with E-state index in [-0.39, 0.29) is 9.90 Å². The topological polar surface area (TPSA) is 0 Å². The van der Waals surface area contributed by atoms with Crippen molar-refractivity contribution in [3.8, 4) is 0 Å². The van der Waals surface area contributed by atoms with E-state index < -0.39 is 14.4 Å². The molecule has 0 saturated carbocycles. The van der Waals surface area contributed by atoms with E-state index in [0.29, 0.717) is 0 Å². The Labute approximate surface area is 44.2 Å². The van der Waals surface area contributed by atoms with E-state index in [9.17, 15) is 0 Å². The van der Waals surface area contributed by atoms with Gasteiger partial charge in [-0.3, -0.25) is 0 Å². The Morgan fingerprint density at radius 1 is 1.25 bits per heavy atom. The van der Waals surface area contributed by atoms with Crippen molar-refractivity contribution in [2.45, 2.75) is 0 Å². The summed E-state index contributed by atoms with van der Waals surface area (Å²) in [6.45, 7) is 0. The van der Waals surface area contributed by atoms with Gasteiger partial charge in [0.15, 0.2) is 0 Å². The predicted molar refractivity (Wildman–Crippen MR) is 26.3 cm³/mol. The molecule has 0 aromatic carbocycles. The summed E-state index contributed by atoms with van der Waals surface area (Å²) in [5.41, 5.74) is 0. The SMILES string of the molecule is P.[S]=[Re]=[S]. The molecule has 4 heteroatoms. The van der Waals surface area contributed by atoms with Gasteiger partial charge < -0.3 is 0 Å². The average molecular weight is 284 g/mol. The Bertz CT molecular complexity index is 27.0. The summed E-state index contributed by atoms with van der Waals surface area (Å²) in [6, 6.07) is 0. The van der Waals surface area contributed by atoms with Crippen LogP contribution >= 0.6 is 29.8 Å². The molecular formula is H3PReS2. The van der Waals surface area contributed by atoms with Crippen LogP contribution in [0.25, 0.3) is 0 Å². The summed E-state index contributed by atoms with van der Waals surface area (Å²) >= 11 is -0.500. The molecular weight excluding hydrogens is 281 g/mol. The normalized spacial score (nSPS) is 3.00. The van der Waals surface area contributed by atoms with E-state index in [2.05, 4.69) is 19.9 Å². The van der Waals surface area contributed by atoms with E-state index in [4.69, 9.17) is 0 Å². The number of rotatable bonds is 0. The van der Waals surface area contributed by atoms with Crippen molar-refractivity contribution in [1.82, 2.24) is 0 Å². The van der Waals surface area contributed by atoms with Crippen LogP contribution in [0.2, 0.25) is 0 Å². The van der Waals surface area contributed by atoms with Gasteiger partial charge >= 0.3 is 34.3 Å². The average Bonchev–Trinajstić information content (AvgIpc) is 0.918. The van der Waals surface area contributed by atoms with Gasteiger partial charge in [-0.1, -0.05) is 0 Å². The summed E-state index contributed by atoms with van der Waals surface area (Å²) < 4.78 is 0. The van der Waals surface area contributed by atoms with E-state index in [0.717, 1.165) is 0 Å². The molecule has 0 N–H and O–H groups in total. The molecule has 1 atom stereocenters. The van der Waals surface area contributed by atoms with Gasteiger partial charge in [-0.2, -0.15) is 9.90 Å². The van der Waals surface area contributed by atoms with Crippen LogP contribution in [0.5, 0.6) is 0 Å². The van der Waals surface area contributed by atoms with E-state index in [1.165, 1.54) is 0 Å². The van der Waals surface area contributed by atoms with Crippen molar-refractivity contribution >= 4 is 29.8 Å². The first-order valence-electron chi connectivity index (χ1n) is 0.309. The predicted octanol–water partition coefficient (Wildman–Crippen LogP) is 1.35. The molecule has 0 radical (unpaired) electrons. The third-order valence-electron chi connectivity index (χ3n) is 0. The first-order valence-corrected chi connectivity index (χ1v) is 7.58. The zero-order chi connectivity index (χ0) is 2.71. The van der Waals surface area contributed by atoms with Crippen LogP contribution in [0.1, 0.15) is 0 Å². The zero-order valence-corrected chi connectivity index (χ0v) is 7.66. The second kappa shape index (κ2) is 8.82. The van der Waals surface area contributed by atoms with Gasteiger partial charge in [0.1, 0.15) is 0 Å². The second-order valence-electron chi connectivity index (χ2n) is 0.0630. The second-order valence-corrected chi connectivity index (χ2v) is 4.64. The summed E-state index contributed by atoms with van der Waals surface area (Å²) in [4.78, 5) is 0. The summed E-state index contributed by atoms with van der Waals surface area (Å²) in [5.74, 6) is 0. The third kappa shape index (κ3) is 9.65. The molecule has 27 valence electrons. The Hall–Kier alpha value is 1.53. The molecule has 0 fully saturated rings. The fourth-order valence-corrected chi connectivity index (χ4v) is 0. The van der Waals surface area contributed by atoms with Crippen LogP contribution in [-0.4, -0.2) is 0 Å². The molecule has 0 aliphatic heterocycles. The van der Waals surface area contributed by atoms with Crippen LogP contribution in [0.3, 0.4) is 0 Å². The van der Waals surface area contributed by atoms with Crippen LogP contribution in [-0.2, 0) is 14.4 Å². The molecule has 0 aliphatic rings. The Morgan fingerprint density at radius 3 is 1.25 bits per heavy atom. The van der Waals surface area contributed by atoms with Crippen molar-refractivity contribution in [2.24, 2.45) is 0 Å². The third-order valence-corrected chi connectivity index (χ3v) is 0. The van der Waals surface area contributed by atoms with Crippen molar-refractivity contribution < 1.29 is 14.4 Å². The molecule has 0 aromatic rings. The molecule has 0 aromatic heterocycles. The van der Waals surface area contributed by atoms with Gasteiger partial charge in [-0.15, -0.1) is 0 Å². The fraction of sp³-hybridized carbons (Fsp3) is 0. The van der Waals surface area contributed by atoms with E-state index >= 15 is 0 Å². The van der Waals surface area contributed by atoms with E-state index in [1.54, 1.807) is 0 Å². The quantitative estimate of drug-likeness (QED) is 0.616. The zero-order valence-electron chi connectivity index (χ0n) is 1.90. The minimum absolute atomic E-state index is 0. The maximum atomic E-state index is 4.36. The molecule has 0 amide bonds. The molecule has 0 aliphatic carbocycles. The summed E-state index contributed by atoms with van der Waals surface area (Å²) in [5, 5.41) is 0. The van der Waals surface area contributed by atoms with Crippen molar-refractivity contribution in [2.75, 3.05) is 0 Å². The monoisotopic (exact) mass is 285 g/mol. The molecule has 0 nitrogen and oxygen atoms in total. The van der Waals surface area contributed by atoms with Gasteiger partial charge in [0.05, 0.1) is 0 Å². The number of hydrogen-bond acceptors (Lipinski definition) is 2. The molecule has 4 heavy (non-hydrogen) atoms. The Balaban J connectivity index is 0. The van der Waals surface area contributed by atoms with Crippen LogP contribution < -0.4 is 0 Å². The first kappa shape index (κ1) is 9.11. The first-order chi connectivity index (χ1) is 1.41. The van der Waals surface area contributed by atoms with Gasteiger partial charge in [-0.25, -0.2) is 0 Å². The summed E-state index contributed by atoms with van der Waals surface area (Å²) in [7, 11) is 8.72. The Morgan fingerprint density at radius 2 is 1.25 bits per heavy atom. The molecule has 0 heterocycles. The Kier molecular flexibility index (Phi) is 20.1. The fourth-order valence-electron chi connectivity index (χ4n) is 0. The van der Waals surface area contributed by atoms with Crippen molar-refractivity contribution in [1.29, 1.82) is 0 Å². The van der Waals surface area contributed by atoms with Crippen molar-refractivity contribution in [3.05, 3.63) is 0 Å². The number of hydrogen-bond donors (Lipinski definition) is 0. The minimum atomic E-state index is -0.500. The van der Waals surface area contributed by atoms with Crippen molar-refractivity contribution in [3.63, 3.8) is 0 Å². The molecule has 0 bridgehead atoms. The van der Waals surface area contributed by atoms with Gasteiger partial charge in [0.2, 0.25) is 0 Å². The summed E-state index contributed by atoms with van der Waals surface area (Å²) in [6.07, 6.45) is 0. The molecule has 0 saturated heterocycles. The van der Waals surface area contributed by atoms with Gasteiger partial charge in [0.25, 0.3) is 0 Å². The molecule has 1 unspecified atom stereocenters. The van der Waals surface area contributed by atoms with Crippen LogP contribution in [0.15, 0.2) is 0 Å².